The highest BCUT2D eigenvalue weighted by molar-refractivity contribution is 7.62. The van der Waals surface area contributed by atoms with Crippen molar-refractivity contribution in [3.05, 3.63) is 67.0 Å². The minimum Gasteiger partial charge on any atom is -0.309 e. The average molecular weight is 340 g/mol. The fourth-order valence-corrected chi connectivity index (χ4v) is 3.47. The van der Waals surface area contributed by atoms with Crippen molar-refractivity contribution >= 4 is 12.9 Å². The first-order valence-electron chi connectivity index (χ1n) is 7.36. The summed E-state index contributed by atoms with van der Waals surface area (Å²) in [6.45, 7) is 0. The Morgan fingerprint density at radius 1 is 0.792 bits per heavy atom. The predicted molar refractivity (Wildman–Crippen MR) is 94.2 cm³/mol. The highest BCUT2D eigenvalue weighted by Crippen LogP contribution is 2.45. The molecule has 0 N–H and O–H groups in total. The van der Waals surface area contributed by atoms with E-state index in [-0.39, 0.29) is 0 Å². The van der Waals surface area contributed by atoms with Crippen LogP contribution in [-0.4, -0.2) is 24.2 Å². The molecule has 0 aliphatic rings. The Balaban J connectivity index is 1.94. The number of pyridine rings is 2. The molecule has 0 unspecified atom stereocenters. The number of rotatable bonds is 5. The molecule has 0 atom stereocenters. The van der Waals surface area contributed by atoms with Gasteiger partial charge in [-0.2, -0.15) is 0 Å². The number of aromatic nitrogens is 2. The van der Waals surface area contributed by atoms with E-state index in [0.29, 0.717) is 5.30 Å². The molecule has 0 radical (unpaired) electrons. The van der Waals surface area contributed by atoms with E-state index in [0.717, 1.165) is 22.5 Å². The van der Waals surface area contributed by atoms with E-state index in [4.69, 9.17) is 9.05 Å². The van der Waals surface area contributed by atoms with Gasteiger partial charge in [0.25, 0.3) is 0 Å². The van der Waals surface area contributed by atoms with Gasteiger partial charge in [-0.1, -0.05) is 18.2 Å². The van der Waals surface area contributed by atoms with Crippen molar-refractivity contribution in [1.29, 1.82) is 0 Å². The summed E-state index contributed by atoms with van der Waals surface area (Å²) in [5, 5.41) is 0.523. The first-order valence-corrected chi connectivity index (χ1v) is 8.90. The molecular weight excluding hydrogens is 323 g/mol. The summed E-state index contributed by atoms with van der Waals surface area (Å²) >= 11 is 0. The zero-order valence-electron chi connectivity index (χ0n) is 13.4. The lowest BCUT2D eigenvalue weighted by molar-refractivity contribution is 0.287. The highest BCUT2D eigenvalue weighted by Gasteiger charge is 2.23. The normalized spacial score (nSPS) is 11.4. The van der Waals surface area contributed by atoms with Crippen LogP contribution in [-0.2, 0) is 13.6 Å². The fraction of sp³-hybridized carbons (Fsp3) is 0.111. The van der Waals surface area contributed by atoms with Crippen LogP contribution in [0.15, 0.2) is 67.0 Å². The second-order valence-electron chi connectivity index (χ2n) is 5.05. The summed E-state index contributed by atoms with van der Waals surface area (Å²) in [5.74, 6) is 0. The standard InChI is InChI=1S/C18H17N2O3P/c1-22-24(21,23-2)16-8-6-14(7-9-16)15-10-12-20-18(13-15)17-5-3-4-11-19-17/h3-13H,1-2H3. The van der Waals surface area contributed by atoms with E-state index >= 15 is 0 Å². The minimum atomic E-state index is -3.22. The number of hydrogen-bond acceptors (Lipinski definition) is 5. The molecule has 3 aromatic rings. The predicted octanol–water partition coefficient (Wildman–Crippen LogP) is 3.92. The molecule has 5 nitrogen and oxygen atoms in total. The maximum Gasteiger partial charge on any atom is 0.360 e. The van der Waals surface area contributed by atoms with Crippen molar-refractivity contribution in [2.75, 3.05) is 14.2 Å². The lowest BCUT2D eigenvalue weighted by Crippen LogP contribution is -2.07. The van der Waals surface area contributed by atoms with Crippen LogP contribution in [0.5, 0.6) is 0 Å². The van der Waals surface area contributed by atoms with Gasteiger partial charge in [0.2, 0.25) is 0 Å². The Morgan fingerprint density at radius 2 is 1.50 bits per heavy atom. The van der Waals surface area contributed by atoms with Crippen LogP contribution in [0.1, 0.15) is 0 Å². The van der Waals surface area contributed by atoms with E-state index in [9.17, 15) is 4.57 Å². The molecule has 1 aromatic carbocycles. The van der Waals surface area contributed by atoms with Crippen molar-refractivity contribution in [2.45, 2.75) is 0 Å². The van der Waals surface area contributed by atoms with Gasteiger partial charge >= 0.3 is 7.60 Å². The molecule has 3 rings (SSSR count). The smallest absolute Gasteiger partial charge is 0.309 e. The molecule has 6 heteroatoms. The fourth-order valence-electron chi connectivity index (χ4n) is 2.39. The number of nitrogens with zero attached hydrogens (tertiary/aromatic N) is 2. The van der Waals surface area contributed by atoms with Crippen molar-refractivity contribution < 1.29 is 13.6 Å². The number of hydrogen-bond donors (Lipinski definition) is 0. The second kappa shape index (κ2) is 7.05. The average Bonchev–Trinajstić information content (AvgIpc) is 2.68. The minimum absolute atomic E-state index is 0.523. The van der Waals surface area contributed by atoms with E-state index in [1.807, 2.05) is 42.5 Å². The maximum atomic E-state index is 12.4. The molecule has 0 fully saturated rings. The molecule has 2 heterocycles. The van der Waals surface area contributed by atoms with Crippen LogP contribution in [0.3, 0.4) is 0 Å². The van der Waals surface area contributed by atoms with Crippen LogP contribution in [0.4, 0.5) is 0 Å². The molecule has 0 aliphatic carbocycles. The van der Waals surface area contributed by atoms with E-state index in [1.54, 1.807) is 24.5 Å². The summed E-state index contributed by atoms with van der Waals surface area (Å²) in [6, 6.07) is 16.9. The molecule has 0 aliphatic heterocycles. The Labute approximate surface area is 140 Å². The summed E-state index contributed by atoms with van der Waals surface area (Å²) in [4.78, 5) is 8.69. The van der Waals surface area contributed by atoms with Gasteiger partial charge in [0.15, 0.2) is 0 Å². The Bertz CT molecular complexity index is 859. The summed E-state index contributed by atoms with van der Waals surface area (Å²) in [6.07, 6.45) is 3.49. The van der Waals surface area contributed by atoms with Gasteiger partial charge in [-0.25, -0.2) is 0 Å². The Kier molecular flexibility index (Phi) is 4.86. The van der Waals surface area contributed by atoms with Crippen LogP contribution in [0, 0.1) is 0 Å². The summed E-state index contributed by atoms with van der Waals surface area (Å²) in [5.41, 5.74) is 3.61. The summed E-state index contributed by atoms with van der Waals surface area (Å²) < 4.78 is 22.4. The molecule has 0 spiro atoms. The van der Waals surface area contributed by atoms with Gasteiger partial charge in [-0.15, -0.1) is 0 Å². The number of benzene rings is 1. The SMILES string of the molecule is COP(=O)(OC)c1ccc(-c2ccnc(-c3ccccn3)c2)cc1. The van der Waals surface area contributed by atoms with Gasteiger partial charge in [0.05, 0.1) is 16.7 Å². The van der Waals surface area contributed by atoms with Crippen LogP contribution >= 0.6 is 7.60 Å². The molecule has 0 bridgehead atoms. The Morgan fingerprint density at radius 3 is 2.12 bits per heavy atom. The molecule has 0 saturated heterocycles. The first-order chi connectivity index (χ1) is 11.7. The van der Waals surface area contributed by atoms with Crippen molar-refractivity contribution in [1.82, 2.24) is 9.97 Å². The third-order valence-corrected chi connectivity index (χ3v) is 5.58. The van der Waals surface area contributed by atoms with E-state index < -0.39 is 7.60 Å². The van der Waals surface area contributed by atoms with Gasteiger partial charge < -0.3 is 9.05 Å². The Hall–Kier alpha value is -2.33. The molecule has 2 aromatic heterocycles. The molecule has 0 amide bonds. The summed E-state index contributed by atoms with van der Waals surface area (Å²) in [7, 11) is -0.474. The molecule has 24 heavy (non-hydrogen) atoms. The van der Waals surface area contributed by atoms with Gasteiger partial charge in [-0.3, -0.25) is 14.5 Å². The lowest BCUT2D eigenvalue weighted by atomic mass is 10.1. The third kappa shape index (κ3) is 3.29. The molecule has 0 saturated carbocycles. The lowest BCUT2D eigenvalue weighted by Gasteiger charge is -2.14. The van der Waals surface area contributed by atoms with Crippen molar-refractivity contribution in [3.8, 4) is 22.5 Å². The maximum absolute atomic E-state index is 12.4. The monoisotopic (exact) mass is 340 g/mol. The first kappa shape index (κ1) is 16.5. The van der Waals surface area contributed by atoms with Crippen molar-refractivity contribution in [3.63, 3.8) is 0 Å². The molecule has 122 valence electrons. The van der Waals surface area contributed by atoms with Crippen molar-refractivity contribution in [2.24, 2.45) is 0 Å². The van der Waals surface area contributed by atoms with E-state index in [2.05, 4.69) is 9.97 Å². The third-order valence-electron chi connectivity index (χ3n) is 3.68. The van der Waals surface area contributed by atoms with Gasteiger partial charge in [0, 0.05) is 26.6 Å². The van der Waals surface area contributed by atoms with Gasteiger partial charge in [-0.05, 0) is 47.5 Å². The van der Waals surface area contributed by atoms with E-state index in [1.165, 1.54) is 14.2 Å². The quantitative estimate of drug-likeness (QED) is 0.659. The van der Waals surface area contributed by atoms with Crippen LogP contribution in [0.2, 0.25) is 0 Å². The molecular formula is C18H17N2O3P. The van der Waals surface area contributed by atoms with Crippen LogP contribution in [0.25, 0.3) is 22.5 Å². The zero-order valence-corrected chi connectivity index (χ0v) is 14.3. The highest BCUT2D eigenvalue weighted by atomic mass is 31.2. The zero-order chi connectivity index (χ0) is 17.0. The topological polar surface area (TPSA) is 61.3 Å². The second-order valence-corrected chi connectivity index (χ2v) is 7.30. The van der Waals surface area contributed by atoms with Crippen LogP contribution < -0.4 is 5.30 Å². The largest absolute Gasteiger partial charge is 0.360 e. The van der Waals surface area contributed by atoms with Gasteiger partial charge in [0.1, 0.15) is 0 Å².